The van der Waals surface area contributed by atoms with Crippen LogP contribution in [-0.2, 0) is 13.5 Å². The van der Waals surface area contributed by atoms with Crippen molar-refractivity contribution in [3.8, 4) is 0 Å². The minimum Gasteiger partial charge on any atom is -0.344 e. The van der Waals surface area contributed by atoms with Crippen LogP contribution in [0.4, 0.5) is 0 Å². The maximum atomic E-state index is 2.38. The fraction of sp³-hybridized carbons (Fsp3) is 0.0769. The van der Waals surface area contributed by atoms with Crippen molar-refractivity contribution < 1.29 is 0 Å². The van der Waals surface area contributed by atoms with Crippen LogP contribution < -0.4 is 0 Å². The van der Waals surface area contributed by atoms with Crippen LogP contribution in [0, 0.1) is 0 Å². The molecule has 28 heavy (non-hydrogen) atoms. The molecule has 0 aliphatic carbocycles. The second-order valence-electron chi connectivity index (χ2n) is 7.53. The van der Waals surface area contributed by atoms with Crippen molar-refractivity contribution in [1.29, 1.82) is 0 Å². The third-order valence-corrected chi connectivity index (χ3v) is 6.98. The van der Waals surface area contributed by atoms with Gasteiger partial charge in [-0.1, -0.05) is 48.5 Å². The highest BCUT2D eigenvalue weighted by Crippen LogP contribution is 2.35. The molecule has 0 unspecified atom stereocenters. The van der Waals surface area contributed by atoms with Gasteiger partial charge in [-0.15, -0.1) is 11.3 Å². The largest absolute Gasteiger partial charge is 0.344 e. The van der Waals surface area contributed by atoms with Gasteiger partial charge in [0.2, 0.25) is 0 Å². The number of fused-ring (bicyclic) bond motifs is 6. The molecule has 0 spiro atoms. The van der Waals surface area contributed by atoms with E-state index in [1.807, 2.05) is 11.3 Å². The molecule has 0 saturated carbocycles. The van der Waals surface area contributed by atoms with Crippen molar-refractivity contribution in [2.75, 3.05) is 0 Å². The summed E-state index contributed by atoms with van der Waals surface area (Å²) < 4.78 is 5.03. The summed E-state index contributed by atoms with van der Waals surface area (Å²) in [4.78, 5) is 0. The zero-order valence-electron chi connectivity index (χ0n) is 15.6. The van der Waals surface area contributed by atoms with Crippen LogP contribution in [0.2, 0.25) is 0 Å². The Hall–Kier alpha value is -3.10. The van der Waals surface area contributed by atoms with E-state index in [9.17, 15) is 0 Å². The molecule has 1 nitrogen and oxygen atoms in total. The highest BCUT2D eigenvalue weighted by atomic mass is 32.1. The maximum Gasteiger partial charge on any atom is 0.0488 e. The number of hydrogen-bond acceptors (Lipinski definition) is 1. The Balaban J connectivity index is 1.47. The number of benzene rings is 4. The van der Waals surface area contributed by atoms with E-state index in [1.54, 1.807) is 0 Å². The zero-order chi connectivity index (χ0) is 18.7. The maximum absolute atomic E-state index is 2.38. The fourth-order valence-electron chi connectivity index (χ4n) is 4.44. The number of thiophene rings is 1. The number of rotatable bonds is 2. The van der Waals surface area contributed by atoms with Crippen molar-refractivity contribution in [2.24, 2.45) is 7.05 Å². The second kappa shape index (κ2) is 5.95. The first-order chi connectivity index (χ1) is 13.8. The molecule has 134 valence electrons. The molecule has 0 aliphatic heterocycles. The first kappa shape index (κ1) is 15.9. The Kier molecular flexibility index (Phi) is 3.38. The lowest BCUT2D eigenvalue weighted by molar-refractivity contribution is 1.01. The molecule has 6 aromatic rings. The van der Waals surface area contributed by atoms with Crippen molar-refractivity contribution in [1.82, 2.24) is 4.57 Å². The molecule has 0 radical (unpaired) electrons. The van der Waals surface area contributed by atoms with Crippen molar-refractivity contribution in [3.05, 3.63) is 96.1 Å². The zero-order valence-corrected chi connectivity index (χ0v) is 16.5. The van der Waals surface area contributed by atoms with Gasteiger partial charge in [0.15, 0.2) is 0 Å². The molecule has 0 saturated heterocycles. The van der Waals surface area contributed by atoms with E-state index < -0.39 is 0 Å². The van der Waals surface area contributed by atoms with Gasteiger partial charge in [0, 0.05) is 49.0 Å². The average molecular weight is 378 g/mol. The molecule has 2 aromatic heterocycles. The summed E-state index contributed by atoms with van der Waals surface area (Å²) in [5.41, 5.74) is 5.32. The molecular formula is C26H19NS. The Morgan fingerprint density at radius 1 is 0.607 bits per heavy atom. The normalized spacial score (nSPS) is 11.9. The predicted molar refractivity (Wildman–Crippen MR) is 123 cm³/mol. The third-order valence-electron chi connectivity index (χ3n) is 5.83. The first-order valence-electron chi connectivity index (χ1n) is 9.64. The van der Waals surface area contributed by atoms with E-state index in [0.29, 0.717) is 0 Å². The molecule has 0 amide bonds. The van der Waals surface area contributed by atoms with Gasteiger partial charge in [0.1, 0.15) is 0 Å². The van der Waals surface area contributed by atoms with Gasteiger partial charge in [0.05, 0.1) is 0 Å². The van der Waals surface area contributed by atoms with E-state index in [-0.39, 0.29) is 0 Å². The van der Waals surface area contributed by atoms with Gasteiger partial charge in [-0.3, -0.25) is 0 Å². The summed E-state index contributed by atoms with van der Waals surface area (Å²) in [6.45, 7) is 0. The number of para-hydroxylation sites is 1. The summed E-state index contributed by atoms with van der Waals surface area (Å²) in [7, 11) is 2.15. The summed E-state index contributed by atoms with van der Waals surface area (Å²) in [6, 6.07) is 31.2. The number of hydrogen-bond donors (Lipinski definition) is 0. The molecule has 0 fully saturated rings. The monoisotopic (exact) mass is 377 g/mol. The summed E-state index contributed by atoms with van der Waals surface area (Å²) in [5, 5.41) is 5.43. The van der Waals surface area contributed by atoms with Gasteiger partial charge in [-0.25, -0.2) is 0 Å². The lowest BCUT2D eigenvalue weighted by Gasteiger charge is -2.04. The SMILES string of the molecule is Cn1c2ccccc2c2cc(Cc3ccc4sc5ccccc5c4c3)ccc21. The van der Waals surface area contributed by atoms with Crippen LogP contribution in [0.1, 0.15) is 11.1 Å². The molecule has 6 rings (SSSR count). The summed E-state index contributed by atoms with van der Waals surface area (Å²) >= 11 is 1.88. The number of aromatic nitrogens is 1. The number of nitrogens with zero attached hydrogens (tertiary/aromatic N) is 1. The summed E-state index contributed by atoms with van der Waals surface area (Å²) in [6.07, 6.45) is 0.958. The lowest BCUT2D eigenvalue weighted by Crippen LogP contribution is -1.89. The van der Waals surface area contributed by atoms with Gasteiger partial charge < -0.3 is 4.57 Å². The molecule has 0 N–H and O–H groups in total. The minimum atomic E-state index is 0.958. The van der Waals surface area contributed by atoms with E-state index >= 15 is 0 Å². The minimum absolute atomic E-state index is 0.958. The summed E-state index contributed by atoms with van der Waals surface area (Å²) in [5.74, 6) is 0. The van der Waals surface area contributed by atoms with Gasteiger partial charge in [-0.2, -0.15) is 0 Å². The Morgan fingerprint density at radius 2 is 1.25 bits per heavy atom. The van der Waals surface area contributed by atoms with E-state index in [2.05, 4.69) is 96.5 Å². The van der Waals surface area contributed by atoms with Gasteiger partial charge >= 0.3 is 0 Å². The van der Waals surface area contributed by atoms with Crippen LogP contribution in [0.3, 0.4) is 0 Å². The molecule has 0 bridgehead atoms. The van der Waals surface area contributed by atoms with Gasteiger partial charge in [-0.05, 0) is 53.9 Å². The van der Waals surface area contributed by atoms with Crippen LogP contribution in [0.5, 0.6) is 0 Å². The Bertz CT molecular complexity index is 1500. The number of aryl methyl sites for hydroxylation is 1. The van der Waals surface area contributed by atoms with E-state index in [1.165, 1.54) is 53.1 Å². The molecule has 2 heterocycles. The first-order valence-corrected chi connectivity index (χ1v) is 10.5. The van der Waals surface area contributed by atoms with Crippen molar-refractivity contribution in [3.63, 3.8) is 0 Å². The van der Waals surface area contributed by atoms with E-state index in [0.717, 1.165) is 6.42 Å². The van der Waals surface area contributed by atoms with Gasteiger partial charge in [0.25, 0.3) is 0 Å². The third kappa shape index (κ3) is 2.31. The highest BCUT2D eigenvalue weighted by molar-refractivity contribution is 7.25. The Labute approximate surface area is 167 Å². The molecule has 0 atom stereocenters. The van der Waals surface area contributed by atoms with E-state index in [4.69, 9.17) is 0 Å². The molecular weight excluding hydrogens is 358 g/mol. The smallest absolute Gasteiger partial charge is 0.0488 e. The Morgan fingerprint density at radius 3 is 2.14 bits per heavy atom. The molecule has 2 heteroatoms. The van der Waals surface area contributed by atoms with Crippen molar-refractivity contribution >= 4 is 53.3 Å². The van der Waals surface area contributed by atoms with Crippen LogP contribution >= 0.6 is 11.3 Å². The molecule has 0 aliphatic rings. The fourth-order valence-corrected chi connectivity index (χ4v) is 5.53. The second-order valence-corrected chi connectivity index (χ2v) is 8.62. The molecule has 4 aromatic carbocycles. The predicted octanol–water partition coefficient (Wildman–Crippen LogP) is 7.29. The lowest BCUT2D eigenvalue weighted by atomic mass is 10.0. The van der Waals surface area contributed by atoms with Crippen LogP contribution in [-0.4, -0.2) is 4.57 Å². The van der Waals surface area contributed by atoms with Crippen molar-refractivity contribution in [2.45, 2.75) is 6.42 Å². The standard InChI is InChI=1S/C26H19NS/c1-27-23-8-4-2-6-19(23)21-15-17(10-12-24(21)27)14-18-11-13-26-22(16-18)20-7-3-5-9-25(20)28-26/h2-13,15-16H,14H2,1H3. The topological polar surface area (TPSA) is 4.93 Å². The van der Waals surface area contributed by atoms with Crippen LogP contribution in [0.25, 0.3) is 42.0 Å². The van der Waals surface area contributed by atoms with Crippen LogP contribution in [0.15, 0.2) is 84.9 Å². The quantitative estimate of drug-likeness (QED) is 0.298. The average Bonchev–Trinajstić information content (AvgIpc) is 3.24. The highest BCUT2D eigenvalue weighted by Gasteiger charge is 2.10.